The van der Waals surface area contributed by atoms with Gasteiger partial charge >= 0.3 is 0 Å². The lowest BCUT2D eigenvalue weighted by atomic mass is 9.80. The van der Waals surface area contributed by atoms with Crippen LogP contribution in [-0.2, 0) is 0 Å². The molecule has 1 fully saturated rings. The molecule has 3 aliphatic carbocycles. The summed E-state index contributed by atoms with van der Waals surface area (Å²) in [5.74, 6) is 2.61. The van der Waals surface area contributed by atoms with E-state index in [-0.39, 0.29) is 11.5 Å². The lowest BCUT2D eigenvalue weighted by molar-refractivity contribution is 0.105. The van der Waals surface area contributed by atoms with E-state index in [4.69, 9.17) is 9.47 Å². The van der Waals surface area contributed by atoms with E-state index in [0.717, 1.165) is 129 Å². The predicted molar refractivity (Wildman–Crippen MR) is 261 cm³/mol. The third kappa shape index (κ3) is 6.97. The summed E-state index contributed by atoms with van der Waals surface area (Å²) in [6, 6.07) is 41.6. The number of aryl methyl sites for hydroxylation is 2. The van der Waals surface area contributed by atoms with Gasteiger partial charge in [-0.1, -0.05) is 110 Å². The van der Waals surface area contributed by atoms with Crippen LogP contribution in [0.25, 0.3) is 79.7 Å². The van der Waals surface area contributed by atoms with Crippen LogP contribution in [0.15, 0.2) is 121 Å². The zero-order valence-corrected chi connectivity index (χ0v) is 36.7. The van der Waals surface area contributed by atoms with Gasteiger partial charge in [0.05, 0.1) is 35.6 Å². The Morgan fingerprint density at radius 2 is 0.891 bits per heavy atom. The zero-order valence-electron chi connectivity index (χ0n) is 36.7. The molecule has 2 atom stereocenters. The molecule has 0 bridgehead atoms. The molecule has 8 aromatic rings. The average Bonchev–Trinajstić information content (AvgIpc) is 3.85. The number of rotatable bonds is 10. The molecule has 3 aliphatic rings. The Morgan fingerprint density at radius 1 is 0.484 bits per heavy atom. The maximum absolute atomic E-state index is 12.2. The molecule has 11 rings (SSSR count). The fourth-order valence-electron chi connectivity index (χ4n) is 10.8. The van der Waals surface area contributed by atoms with Crippen molar-refractivity contribution in [2.75, 3.05) is 13.2 Å². The topological polar surface area (TPSA) is 68.8 Å². The quantitative estimate of drug-likeness (QED) is 0.144. The SMILES string of the molecule is Cc1cc(-c2ccccc2OCC2CCCCC2COc2ccccc2-c2cc(C)cc(-n3c4c(c5ccccc53)=CCCC=4)c2O)c(O)c(-n2c3c(c4ccccc42)=CCCC=3)c1. The summed E-state index contributed by atoms with van der Waals surface area (Å²) in [5, 5.41) is 31.6. The molecule has 64 heavy (non-hydrogen) atoms. The number of hydrogen-bond acceptors (Lipinski definition) is 4. The monoisotopic (exact) mass is 842 g/mol. The Morgan fingerprint density at radius 3 is 1.36 bits per heavy atom. The summed E-state index contributed by atoms with van der Waals surface area (Å²) >= 11 is 0. The molecule has 6 heteroatoms. The second-order valence-electron chi connectivity index (χ2n) is 18.1. The number of aromatic nitrogens is 2. The Kier molecular flexibility index (Phi) is 10.4. The van der Waals surface area contributed by atoms with Gasteiger partial charge in [-0.2, -0.15) is 0 Å². The number of benzene rings is 6. The van der Waals surface area contributed by atoms with E-state index in [1.165, 1.54) is 21.2 Å². The maximum Gasteiger partial charge on any atom is 0.147 e. The third-order valence-corrected chi connectivity index (χ3v) is 13.9. The second kappa shape index (κ2) is 16.7. The summed E-state index contributed by atoms with van der Waals surface area (Å²) in [7, 11) is 0. The highest BCUT2D eigenvalue weighted by Gasteiger charge is 2.28. The molecular formula is C58H54N2O4. The van der Waals surface area contributed by atoms with E-state index in [1.54, 1.807) is 0 Å². The molecule has 320 valence electrons. The van der Waals surface area contributed by atoms with Crippen LogP contribution in [0.1, 0.15) is 62.5 Å². The van der Waals surface area contributed by atoms with Crippen molar-refractivity contribution in [3.8, 4) is 56.6 Å². The van der Waals surface area contributed by atoms with Crippen molar-refractivity contribution >= 4 is 46.1 Å². The smallest absolute Gasteiger partial charge is 0.147 e. The van der Waals surface area contributed by atoms with Gasteiger partial charge < -0.3 is 28.8 Å². The number of ether oxygens (including phenoxy) is 2. The van der Waals surface area contributed by atoms with Crippen LogP contribution in [0, 0.1) is 25.7 Å². The first-order valence-electron chi connectivity index (χ1n) is 23.1. The summed E-state index contributed by atoms with van der Waals surface area (Å²) in [5.41, 5.74) is 9.17. The van der Waals surface area contributed by atoms with Crippen LogP contribution in [-0.4, -0.2) is 32.6 Å². The average molecular weight is 843 g/mol. The molecule has 6 nitrogen and oxygen atoms in total. The van der Waals surface area contributed by atoms with Crippen LogP contribution in [0.5, 0.6) is 23.0 Å². The first kappa shape index (κ1) is 39.9. The normalized spacial score (nSPS) is 16.8. The number of hydrogen-bond donors (Lipinski definition) is 2. The molecule has 1 saturated carbocycles. The molecule has 0 saturated heterocycles. The minimum absolute atomic E-state index is 0.247. The van der Waals surface area contributed by atoms with E-state index in [0.29, 0.717) is 25.0 Å². The Labute approximate surface area is 374 Å². The van der Waals surface area contributed by atoms with E-state index < -0.39 is 0 Å². The molecule has 0 aliphatic heterocycles. The van der Waals surface area contributed by atoms with Crippen molar-refractivity contribution in [1.29, 1.82) is 0 Å². The van der Waals surface area contributed by atoms with Crippen LogP contribution in [0.3, 0.4) is 0 Å². The number of aromatic hydroxyl groups is 2. The largest absolute Gasteiger partial charge is 0.505 e. The van der Waals surface area contributed by atoms with Crippen LogP contribution in [0.2, 0.25) is 0 Å². The summed E-state index contributed by atoms with van der Waals surface area (Å²) < 4.78 is 18.1. The number of para-hydroxylation sites is 4. The molecule has 0 spiro atoms. The van der Waals surface area contributed by atoms with Crippen LogP contribution >= 0.6 is 0 Å². The summed E-state index contributed by atoms with van der Waals surface area (Å²) in [6.45, 7) is 5.31. The number of phenols is 2. The zero-order chi connectivity index (χ0) is 43.3. The van der Waals surface area contributed by atoms with Crippen molar-refractivity contribution in [3.05, 3.63) is 154 Å². The van der Waals surface area contributed by atoms with Gasteiger partial charge in [0.2, 0.25) is 0 Å². The second-order valence-corrected chi connectivity index (χ2v) is 18.1. The van der Waals surface area contributed by atoms with Gasteiger partial charge in [0.25, 0.3) is 0 Å². The Balaban J connectivity index is 0.868. The minimum Gasteiger partial charge on any atom is -0.505 e. The fourth-order valence-corrected chi connectivity index (χ4v) is 10.8. The van der Waals surface area contributed by atoms with E-state index in [1.807, 2.05) is 36.4 Å². The van der Waals surface area contributed by atoms with Crippen molar-refractivity contribution in [2.45, 2.75) is 65.2 Å². The highest BCUT2D eigenvalue weighted by Crippen LogP contribution is 2.43. The molecule has 2 unspecified atom stereocenters. The molecule has 6 aromatic carbocycles. The first-order chi connectivity index (χ1) is 31.4. The van der Waals surface area contributed by atoms with Crippen LogP contribution < -0.4 is 30.6 Å². The first-order valence-corrected chi connectivity index (χ1v) is 23.1. The van der Waals surface area contributed by atoms with Gasteiger partial charge in [-0.3, -0.25) is 0 Å². The van der Waals surface area contributed by atoms with Gasteiger partial charge in [0.15, 0.2) is 0 Å². The summed E-state index contributed by atoms with van der Waals surface area (Å²) in [6.07, 6.45) is 17.7. The van der Waals surface area contributed by atoms with Gasteiger partial charge in [0, 0.05) is 54.2 Å². The highest BCUT2D eigenvalue weighted by atomic mass is 16.5. The van der Waals surface area contributed by atoms with Crippen molar-refractivity contribution in [1.82, 2.24) is 9.13 Å². The van der Waals surface area contributed by atoms with Gasteiger partial charge in [-0.15, -0.1) is 0 Å². The predicted octanol–water partition coefficient (Wildman–Crippen LogP) is 10.9. The van der Waals surface area contributed by atoms with E-state index in [9.17, 15) is 10.2 Å². The number of nitrogens with zero attached hydrogens (tertiary/aromatic N) is 2. The van der Waals surface area contributed by atoms with Gasteiger partial charge in [-0.05, 0) is 124 Å². The van der Waals surface area contributed by atoms with Crippen molar-refractivity contribution in [2.24, 2.45) is 11.8 Å². The van der Waals surface area contributed by atoms with Crippen LogP contribution in [0.4, 0.5) is 0 Å². The van der Waals surface area contributed by atoms with Gasteiger partial charge in [-0.25, -0.2) is 0 Å². The van der Waals surface area contributed by atoms with Gasteiger partial charge in [0.1, 0.15) is 23.0 Å². The molecule has 2 aromatic heterocycles. The Hall–Kier alpha value is -6.92. The third-order valence-electron chi connectivity index (χ3n) is 13.9. The number of fused-ring (bicyclic) bond motifs is 6. The lowest BCUT2D eigenvalue weighted by Gasteiger charge is -2.32. The lowest BCUT2D eigenvalue weighted by Crippen LogP contribution is -2.30. The minimum atomic E-state index is 0.247. The summed E-state index contributed by atoms with van der Waals surface area (Å²) in [4.78, 5) is 0. The maximum atomic E-state index is 12.2. The number of phenolic OH excluding ortho intramolecular Hbond substituents is 2. The van der Waals surface area contributed by atoms with Crippen molar-refractivity contribution in [3.63, 3.8) is 0 Å². The molecule has 0 radical (unpaired) electrons. The highest BCUT2D eigenvalue weighted by molar-refractivity contribution is 5.89. The molecule has 2 N–H and O–H groups in total. The standard InChI is InChI=1S/C58H54N2O4/c1-37-31-47(57(61)53(33-37)59-49-25-11-5-19-41(49)42-20-6-12-26-50(42)59)45-23-9-15-29-55(45)63-35-39-17-3-4-18-40(39)36-64-56-30-16-10-24-46(56)48-32-38(2)34-54(58(48)62)60-51-27-13-7-21-43(51)44-22-8-14-28-52(44)60/h5,7,9-11,13,15-16,19-34,39-40,61-62H,3-4,6,8,12,14,17-18,35-36H2,1-2H3. The van der Waals surface area contributed by atoms with E-state index >= 15 is 0 Å². The molecule has 2 heterocycles. The fraction of sp³-hybridized carbons (Fsp3) is 0.241. The Bertz CT molecular complexity index is 3150. The van der Waals surface area contributed by atoms with E-state index in [2.05, 4.69) is 132 Å². The molecular weight excluding hydrogens is 789 g/mol. The molecule has 0 amide bonds. The van der Waals surface area contributed by atoms with Crippen molar-refractivity contribution < 1.29 is 19.7 Å².